The van der Waals surface area contributed by atoms with Gasteiger partial charge >= 0.3 is 6.03 Å². The second-order valence-corrected chi connectivity index (χ2v) is 3.14. The first-order chi connectivity index (χ1) is 7.33. The number of rotatable bonds is 5. The maximum absolute atomic E-state index is 11.1. The van der Waals surface area contributed by atoms with Gasteiger partial charge in [-0.15, -0.1) is 0 Å². The molecule has 15 heavy (non-hydrogen) atoms. The molecule has 1 aromatic carbocycles. The summed E-state index contributed by atoms with van der Waals surface area (Å²) in [5.74, 6) is 0. The van der Waals surface area contributed by atoms with Crippen LogP contribution in [0.2, 0.25) is 0 Å². The quantitative estimate of drug-likeness (QED) is 0.660. The van der Waals surface area contributed by atoms with Crippen molar-refractivity contribution in [3.8, 4) is 0 Å². The zero-order valence-corrected chi connectivity index (χ0v) is 8.57. The smallest absolute Gasteiger partial charge is 0.314 e. The summed E-state index contributed by atoms with van der Waals surface area (Å²) in [5.41, 5.74) is 1.19. The summed E-state index contributed by atoms with van der Waals surface area (Å²) in [6.07, 6.45) is 0.813. The molecule has 1 rings (SSSR count). The molecule has 0 saturated heterocycles. The van der Waals surface area contributed by atoms with Crippen LogP contribution in [0.1, 0.15) is 5.56 Å². The summed E-state index contributed by atoms with van der Waals surface area (Å²) < 4.78 is 0. The van der Waals surface area contributed by atoms with Crippen LogP contribution >= 0.6 is 0 Å². The predicted octanol–water partition coefficient (Wildman–Crippen LogP) is 0.521. The van der Waals surface area contributed by atoms with Gasteiger partial charge in [-0.2, -0.15) is 0 Å². The van der Waals surface area contributed by atoms with Crippen molar-refractivity contribution in [1.29, 1.82) is 0 Å². The van der Waals surface area contributed by atoms with Gasteiger partial charge < -0.3 is 15.7 Å². The molecule has 0 heterocycles. The van der Waals surface area contributed by atoms with Gasteiger partial charge in [-0.25, -0.2) is 4.79 Å². The standard InChI is InChI=1S/C11H16N2O2/c14-9-8-13-11(15)12-7-6-10-4-2-1-3-5-10/h1-5,14H,6-9H2,(H2,12,13,15). The molecule has 0 unspecified atom stereocenters. The van der Waals surface area contributed by atoms with E-state index in [4.69, 9.17) is 5.11 Å². The van der Waals surface area contributed by atoms with Gasteiger partial charge in [-0.1, -0.05) is 30.3 Å². The molecule has 0 fully saturated rings. The molecule has 4 nitrogen and oxygen atoms in total. The Labute approximate surface area is 89.3 Å². The Morgan fingerprint density at radius 1 is 1.13 bits per heavy atom. The lowest BCUT2D eigenvalue weighted by atomic mass is 10.1. The molecule has 0 aromatic heterocycles. The van der Waals surface area contributed by atoms with Crippen LogP contribution in [0.3, 0.4) is 0 Å². The Morgan fingerprint density at radius 2 is 1.80 bits per heavy atom. The van der Waals surface area contributed by atoms with E-state index in [1.807, 2.05) is 30.3 Å². The topological polar surface area (TPSA) is 61.4 Å². The largest absolute Gasteiger partial charge is 0.395 e. The highest BCUT2D eigenvalue weighted by Gasteiger charge is 1.97. The number of hydrogen-bond donors (Lipinski definition) is 3. The third-order valence-electron chi connectivity index (χ3n) is 1.94. The van der Waals surface area contributed by atoms with E-state index in [0.717, 1.165) is 6.42 Å². The van der Waals surface area contributed by atoms with Crippen molar-refractivity contribution in [1.82, 2.24) is 10.6 Å². The van der Waals surface area contributed by atoms with Crippen LogP contribution < -0.4 is 10.6 Å². The Balaban J connectivity index is 2.14. The van der Waals surface area contributed by atoms with E-state index >= 15 is 0 Å². The van der Waals surface area contributed by atoms with Crippen molar-refractivity contribution >= 4 is 6.03 Å². The first-order valence-electron chi connectivity index (χ1n) is 4.99. The number of benzene rings is 1. The molecule has 0 saturated carbocycles. The van der Waals surface area contributed by atoms with Gasteiger partial charge in [0.2, 0.25) is 0 Å². The Hall–Kier alpha value is -1.55. The van der Waals surface area contributed by atoms with Gasteiger partial charge in [-0.05, 0) is 12.0 Å². The van der Waals surface area contributed by atoms with E-state index in [-0.39, 0.29) is 19.2 Å². The van der Waals surface area contributed by atoms with Crippen molar-refractivity contribution in [2.75, 3.05) is 19.7 Å². The molecular formula is C11H16N2O2. The Morgan fingerprint density at radius 3 is 2.47 bits per heavy atom. The van der Waals surface area contributed by atoms with Gasteiger partial charge in [0.15, 0.2) is 0 Å². The normalized spacial score (nSPS) is 9.67. The predicted molar refractivity (Wildman–Crippen MR) is 58.6 cm³/mol. The highest BCUT2D eigenvalue weighted by molar-refractivity contribution is 5.73. The Bertz CT molecular complexity index is 288. The van der Waals surface area contributed by atoms with Gasteiger partial charge in [0, 0.05) is 13.1 Å². The minimum absolute atomic E-state index is 0.0356. The van der Waals surface area contributed by atoms with Gasteiger partial charge in [-0.3, -0.25) is 0 Å². The number of urea groups is 1. The maximum atomic E-state index is 11.1. The lowest BCUT2D eigenvalue weighted by Gasteiger charge is -2.06. The highest BCUT2D eigenvalue weighted by Crippen LogP contribution is 1.97. The molecule has 2 amide bonds. The molecule has 0 aliphatic carbocycles. The zero-order chi connectivity index (χ0) is 10.9. The fraction of sp³-hybridized carbons (Fsp3) is 0.364. The van der Waals surface area contributed by atoms with E-state index in [1.54, 1.807) is 0 Å². The average Bonchev–Trinajstić information content (AvgIpc) is 2.28. The lowest BCUT2D eigenvalue weighted by Crippen LogP contribution is -2.37. The first kappa shape index (κ1) is 11.5. The summed E-state index contributed by atoms with van der Waals surface area (Å²) in [5, 5.41) is 13.7. The lowest BCUT2D eigenvalue weighted by molar-refractivity contribution is 0.234. The number of carbonyl (C=O) groups excluding carboxylic acids is 1. The summed E-state index contributed by atoms with van der Waals surface area (Å²) in [6, 6.07) is 9.72. The van der Waals surface area contributed by atoms with Crippen LogP contribution in [0, 0.1) is 0 Å². The van der Waals surface area contributed by atoms with Crippen LogP contribution in [0.4, 0.5) is 4.79 Å². The van der Waals surface area contributed by atoms with E-state index < -0.39 is 0 Å². The Kier molecular flexibility index (Phi) is 5.25. The van der Waals surface area contributed by atoms with Crippen LogP contribution in [-0.4, -0.2) is 30.8 Å². The molecule has 4 heteroatoms. The van der Waals surface area contributed by atoms with E-state index in [0.29, 0.717) is 6.54 Å². The third kappa shape index (κ3) is 5.02. The summed E-state index contributed by atoms with van der Waals surface area (Å²) in [6.45, 7) is 0.852. The molecular weight excluding hydrogens is 192 g/mol. The average molecular weight is 208 g/mol. The second-order valence-electron chi connectivity index (χ2n) is 3.14. The van der Waals surface area contributed by atoms with Crippen LogP contribution in [0.15, 0.2) is 30.3 Å². The molecule has 0 aliphatic rings. The molecule has 3 N–H and O–H groups in total. The minimum atomic E-state index is -0.236. The van der Waals surface area contributed by atoms with Crippen molar-refractivity contribution in [2.24, 2.45) is 0 Å². The second kappa shape index (κ2) is 6.84. The number of carbonyl (C=O) groups is 1. The van der Waals surface area contributed by atoms with Gasteiger partial charge in [0.05, 0.1) is 6.61 Å². The first-order valence-corrected chi connectivity index (χ1v) is 4.99. The third-order valence-corrected chi connectivity index (χ3v) is 1.94. The van der Waals surface area contributed by atoms with Gasteiger partial charge in [0.1, 0.15) is 0 Å². The fourth-order valence-electron chi connectivity index (χ4n) is 1.20. The molecule has 82 valence electrons. The van der Waals surface area contributed by atoms with E-state index in [2.05, 4.69) is 10.6 Å². The van der Waals surface area contributed by atoms with Crippen molar-refractivity contribution in [3.05, 3.63) is 35.9 Å². The summed E-state index contributed by atoms with van der Waals surface area (Å²) in [7, 11) is 0. The summed E-state index contributed by atoms with van der Waals surface area (Å²) in [4.78, 5) is 11.1. The maximum Gasteiger partial charge on any atom is 0.314 e. The van der Waals surface area contributed by atoms with Crippen molar-refractivity contribution in [3.63, 3.8) is 0 Å². The van der Waals surface area contributed by atoms with E-state index in [9.17, 15) is 4.79 Å². The number of aliphatic hydroxyl groups is 1. The highest BCUT2D eigenvalue weighted by atomic mass is 16.3. The van der Waals surface area contributed by atoms with Crippen molar-refractivity contribution in [2.45, 2.75) is 6.42 Å². The van der Waals surface area contributed by atoms with Crippen LogP contribution in [-0.2, 0) is 6.42 Å². The SMILES string of the molecule is O=C(NCCO)NCCc1ccccc1. The number of hydrogen-bond acceptors (Lipinski definition) is 2. The van der Waals surface area contributed by atoms with E-state index in [1.165, 1.54) is 5.56 Å². The molecule has 0 spiro atoms. The molecule has 0 aliphatic heterocycles. The van der Waals surface area contributed by atoms with Crippen molar-refractivity contribution < 1.29 is 9.90 Å². The molecule has 0 radical (unpaired) electrons. The van der Waals surface area contributed by atoms with Crippen LogP contribution in [0.25, 0.3) is 0 Å². The summed E-state index contributed by atoms with van der Waals surface area (Å²) >= 11 is 0. The number of nitrogens with one attached hydrogen (secondary N) is 2. The number of aliphatic hydroxyl groups excluding tert-OH is 1. The minimum Gasteiger partial charge on any atom is -0.395 e. The zero-order valence-electron chi connectivity index (χ0n) is 8.57. The van der Waals surface area contributed by atoms with Gasteiger partial charge in [0.25, 0.3) is 0 Å². The number of amides is 2. The fourth-order valence-corrected chi connectivity index (χ4v) is 1.20. The molecule has 0 atom stereocenters. The monoisotopic (exact) mass is 208 g/mol. The molecule has 1 aromatic rings. The van der Waals surface area contributed by atoms with Crippen LogP contribution in [0.5, 0.6) is 0 Å². The molecule has 0 bridgehead atoms.